The molecule has 3 nitrogen and oxygen atoms in total. The molecule has 0 aliphatic heterocycles. The maximum Gasteiger partial charge on any atom is 0.330 e. The zero-order valence-electron chi connectivity index (χ0n) is 18.1. The van der Waals surface area contributed by atoms with Gasteiger partial charge in [0.15, 0.2) is 0 Å². The first-order valence-corrected chi connectivity index (χ1v) is 11.6. The van der Waals surface area contributed by atoms with E-state index in [9.17, 15) is 9.90 Å². The largest absolute Gasteiger partial charge is 0.508 e. The van der Waals surface area contributed by atoms with Crippen molar-refractivity contribution in [2.75, 3.05) is 6.61 Å². The Morgan fingerprint density at radius 2 is 1.45 bits per heavy atom. The lowest BCUT2D eigenvalue weighted by Gasteiger charge is -2.52. The van der Waals surface area contributed by atoms with Gasteiger partial charge in [0.25, 0.3) is 0 Å². The number of benzene rings is 2. The fourth-order valence-corrected chi connectivity index (χ4v) is 6.34. The van der Waals surface area contributed by atoms with Crippen LogP contribution in [0.25, 0.3) is 11.6 Å². The van der Waals surface area contributed by atoms with Crippen LogP contribution in [0.4, 0.5) is 0 Å². The van der Waals surface area contributed by atoms with E-state index in [-0.39, 0.29) is 5.97 Å². The Balaban J connectivity index is 1.53. The van der Waals surface area contributed by atoms with E-state index >= 15 is 0 Å². The third-order valence-electron chi connectivity index (χ3n) is 7.36. The Morgan fingerprint density at radius 3 is 2.00 bits per heavy atom. The van der Waals surface area contributed by atoms with Crippen molar-refractivity contribution in [1.82, 2.24) is 0 Å². The summed E-state index contributed by atoms with van der Waals surface area (Å²) in [5.74, 6) is 3.22. The van der Waals surface area contributed by atoms with Crippen LogP contribution in [0.3, 0.4) is 0 Å². The molecule has 1 N–H and O–H groups in total. The van der Waals surface area contributed by atoms with Crippen LogP contribution in [0.5, 0.6) is 5.75 Å². The SMILES string of the molecule is CCOC(=O)/C=C/c1ccc(C(=C2C3CC4CC(C3)CC2C4)c2ccc(O)cc2)cc1. The van der Waals surface area contributed by atoms with Crippen LogP contribution in [-0.4, -0.2) is 17.7 Å². The van der Waals surface area contributed by atoms with Crippen LogP contribution < -0.4 is 0 Å². The topological polar surface area (TPSA) is 46.5 Å². The van der Waals surface area contributed by atoms with Gasteiger partial charge in [-0.1, -0.05) is 42.0 Å². The minimum absolute atomic E-state index is 0.303. The van der Waals surface area contributed by atoms with Gasteiger partial charge in [0.1, 0.15) is 5.75 Å². The van der Waals surface area contributed by atoms with E-state index < -0.39 is 0 Å². The second-order valence-electron chi connectivity index (χ2n) is 9.39. The van der Waals surface area contributed by atoms with Crippen LogP contribution in [0.15, 0.2) is 60.2 Å². The summed E-state index contributed by atoms with van der Waals surface area (Å²) in [6, 6.07) is 16.2. The Morgan fingerprint density at radius 1 is 0.903 bits per heavy atom. The van der Waals surface area contributed by atoms with Crippen molar-refractivity contribution < 1.29 is 14.6 Å². The molecule has 160 valence electrons. The van der Waals surface area contributed by atoms with Crippen LogP contribution in [0.1, 0.15) is 55.7 Å². The molecule has 2 aromatic rings. The lowest BCUT2D eigenvalue weighted by molar-refractivity contribution is -0.137. The number of aromatic hydroxyl groups is 1. The van der Waals surface area contributed by atoms with E-state index in [0.717, 1.165) is 17.4 Å². The third kappa shape index (κ3) is 4.06. The van der Waals surface area contributed by atoms with Gasteiger partial charge in [0.2, 0.25) is 0 Å². The number of carbonyl (C=O) groups is 1. The lowest BCUT2D eigenvalue weighted by Crippen LogP contribution is -2.40. The number of hydrogen-bond donors (Lipinski definition) is 1. The molecule has 4 bridgehead atoms. The zero-order chi connectivity index (χ0) is 21.4. The number of hydrogen-bond acceptors (Lipinski definition) is 3. The van der Waals surface area contributed by atoms with Gasteiger partial charge >= 0.3 is 5.97 Å². The van der Waals surface area contributed by atoms with E-state index in [1.807, 2.05) is 6.92 Å². The third-order valence-corrected chi connectivity index (χ3v) is 7.36. The van der Waals surface area contributed by atoms with Gasteiger partial charge in [-0.25, -0.2) is 4.79 Å². The quantitative estimate of drug-likeness (QED) is 0.466. The first-order valence-electron chi connectivity index (χ1n) is 11.6. The maximum atomic E-state index is 11.6. The molecule has 4 saturated carbocycles. The van der Waals surface area contributed by atoms with Crippen LogP contribution in [0, 0.1) is 23.7 Å². The van der Waals surface area contributed by atoms with Crippen molar-refractivity contribution in [3.63, 3.8) is 0 Å². The predicted octanol–water partition coefficient (Wildman–Crippen LogP) is 6.23. The molecule has 31 heavy (non-hydrogen) atoms. The van der Waals surface area contributed by atoms with Gasteiger partial charge in [-0.3, -0.25) is 0 Å². The molecular formula is C28H30O3. The molecule has 0 spiro atoms. The van der Waals surface area contributed by atoms with E-state index in [2.05, 4.69) is 36.4 Å². The fraction of sp³-hybridized carbons (Fsp3) is 0.393. The molecule has 0 unspecified atom stereocenters. The number of phenols is 1. The summed E-state index contributed by atoms with van der Waals surface area (Å²) in [7, 11) is 0. The van der Waals surface area contributed by atoms with Gasteiger partial charge in [0, 0.05) is 6.08 Å². The number of esters is 1. The summed E-state index contributed by atoms with van der Waals surface area (Å²) in [4.78, 5) is 11.6. The van der Waals surface area contributed by atoms with Gasteiger partial charge in [-0.2, -0.15) is 0 Å². The number of phenolic OH excluding ortho intramolecular Hbond substituents is 1. The minimum atomic E-state index is -0.313. The van der Waals surface area contributed by atoms with Crippen molar-refractivity contribution >= 4 is 17.6 Å². The monoisotopic (exact) mass is 414 g/mol. The first kappa shape index (κ1) is 20.1. The molecule has 4 aliphatic rings. The standard InChI is InChI=1S/C28H30O3/c1-2-31-26(30)12-5-18-3-6-21(7-4-18)27(22-8-10-25(29)11-9-22)28-23-14-19-13-20(16-23)17-24(28)15-19/h3-12,19-20,23-24,29H,2,13-17H2,1H3/b12-5+,28-27?. The summed E-state index contributed by atoms with van der Waals surface area (Å²) < 4.78 is 4.97. The second kappa shape index (κ2) is 8.37. The minimum Gasteiger partial charge on any atom is -0.508 e. The van der Waals surface area contributed by atoms with Crippen LogP contribution in [0.2, 0.25) is 0 Å². The summed E-state index contributed by atoms with van der Waals surface area (Å²) in [6.45, 7) is 2.19. The molecule has 6 rings (SSSR count). The van der Waals surface area contributed by atoms with Crippen molar-refractivity contribution in [2.45, 2.75) is 39.0 Å². The predicted molar refractivity (Wildman–Crippen MR) is 123 cm³/mol. The molecule has 4 fully saturated rings. The van der Waals surface area contributed by atoms with Crippen molar-refractivity contribution in [3.05, 3.63) is 76.9 Å². The van der Waals surface area contributed by atoms with E-state index in [1.54, 1.807) is 23.8 Å². The summed E-state index contributed by atoms with van der Waals surface area (Å²) in [6.07, 6.45) is 10.1. The normalized spacial score (nSPS) is 26.4. The van der Waals surface area contributed by atoms with Crippen LogP contribution in [-0.2, 0) is 9.53 Å². The zero-order valence-corrected chi connectivity index (χ0v) is 18.1. The molecule has 0 radical (unpaired) electrons. The fourth-order valence-electron chi connectivity index (χ4n) is 6.34. The average Bonchev–Trinajstić information content (AvgIpc) is 2.76. The van der Waals surface area contributed by atoms with Gasteiger partial charge < -0.3 is 9.84 Å². The summed E-state index contributed by atoms with van der Waals surface area (Å²) >= 11 is 0. The molecule has 4 aliphatic carbocycles. The number of carbonyl (C=O) groups excluding carboxylic acids is 1. The number of ether oxygens (including phenoxy) is 1. The lowest BCUT2D eigenvalue weighted by atomic mass is 9.53. The smallest absolute Gasteiger partial charge is 0.330 e. The van der Waals surface area contributed by atoms with Crippen molar-refractivity contribution in [1.29, 1.82) is 0 Å². The van der Waals surface area contributed by atoms with Crippen molar-refractivity contribution in [3.8, 4) is 5.75 Å². The van der Waals surface area contributed by atoms with Crippen LogP contribution >= 0.6 is 0 Å². The summed E-state index contributed by atoms with van der Waals surface area (Å²) in [5.41, 5.74) is 6.40. The second-order valence-corrected chi connectivity index (χ2v) is 9.39. The Hall–Kier alpha value is -2.81. The van der Waals surface area contributed by atoms with E-state index in [0.29, 0.717) is 24.2 Å². The Bertz CT molecular complexity index is 981. The molecule has 0 saturated heterocycles. The Kier molecular flexibility index (Phi) is 5.43. The molecule has 0 heterocycles. The molecule has 3 heteroatoms. The molecule has 0 amide bonds. The maximum absolute atomic E-state index is 11.6. The Labute approximate surface area is 184 Å². The number of allylic oxidation sites excluding steroid dienone is 1. The van der Waals surface area contributed by atoms with Gasteiger partial charge in [-0.05, 0) is 103 Å². The highest BCUT2D eigenvalue weighted by Gasteiger charge is 2.46. The van der Waals surface area contributed by atoms with Gasteiger partial charge in [-0.15, -0.1) is 0 Å². The summed E-state index contributed by atoms with van der Waals surface area (Å²) in [5, 5.41) is 9.84. The van der Waals surface area contributed by atoms with E-state index in [4.69, 9.17) is 4.74 Å². The first-order chi connectivity index (χ1) is 15.1. The highest BCUT2D eigenvalue weighted by atomic mass is 16.5. The highest BCUT2D eigenvalue weighted by Crippen LogP contribution is 2.58. The molecule has 0 atom stereocenters. The van der Waals surface area contributed by atoms with Gasteiger partial charge in [0.05, 0.1) is 6.61 Å². The molecule has 2 aromatic carbocycles. The average molecular weight is 415 g/mol. The molecule has 0 aromatic heterocycles. The molecular weight excluding hydrogens is 384 g/mol. The van der Waals surface area contributed by atoms with E-state index in [1.165, 1.54) is 54.9 Å². The highest BCUT2D eigenvalue weighted by molar-refractivity contribution is 5.87. The van der Waals surface area contributed by atoms with Crippen molar-refractivity contribution in [2.24, 2.45) is 23.7 Å². The number of rotatable bonds is 5.